The summed E-state index contributed by atoms with van der Waals surface area (Å²) in [4.78, 5) is 16.2. The molecule has 6 nitrogen and oxygen atoms in total. The lowest BCUT2D eigenvalue weighted by atomic mass is 10.2. The number of hydrogen-bond acceptors (Lipinski definition) is 5. The van der Waals surface area contributed by atoms with Crippen molar-refractivity contribution in [3.8, 4) is 0 Å². The predicted molar refractivity (Wildman–Crippen MR) is 94.9 cm³/mol. The Hall–Kier alpha value is -1.96. The molecule has 0 aliphatic rings. The zero-order chi connectivity index (χ0) is 18.4. The molecule has 0 unspecified atom stereocenters. The lowest BCUT2D eigenvalue weighted by molar-refractivity contribution is 0.0472. The molecule has 0 spiro atoms. The van der Waals surface area contributed by atoms with Crippen LogP contribution in [-0.2, 0) is 21.4 Å². The van der Waals surface area contributed by atoms with Crippen LogP contribution in [0.15, 0.2) is 47.5 Å². The lowest BCUT2D eigenvalue weighted by Crippen LogP contribution is -2.30. The first kappa shape index (κ1) is 19.4. The fraction of sp³-hybridized carbons (Fsp3) is 0.294. The van der Waals surface area contributed by atoms with Crippen molar-refractivity contribution < 1.29 is 17.9 Å². The molecule has 134 valence electrons. The third-order valence-electron chi connectivity index (χ3n) is 3.57. The van der Waals surface area contributed by atoms with Crippen molar-refractivity contribution in [1.82, 2.24) is 9.29 Å². The molecular formula is C17H19ClN2O4S. The normalized spacial score (nSPS) is 11.5. The molecule has 0 bridgehead atoms. The molecule has 8 heteroatoms. The molecule has 0 atom stereocenters. The first-order chi connectivity index (χ1) is 11.9. The SMILES string of the molecule is CCN(CC)S(=O)(=O)c1cccc(C(=O)OCc2ccc(Cl)nc2)c1. The van der Waals surface area contributed by atoms with E-state index < -0.39 is 16.0 Å². The Balaban J connectivity index is 2.14. The maximum atomic E-state index is 12.5. The summed E-state index contributed by atoms with van der Waals surface area (Å²) in [7, 11) is -3.63. The number of ether oxygens (including phenoxy) is 1. The van der Waals surface area contributed by atoms with Gasteiger partial charge >= 0.3 is 5.97 Å². The lowest BCUT2D eigenvalue weighted by Gasteiger charge is -2.18. The number of esters is 1. The highest BCUT2D eigenvalue weighted by molar-refractivity contribution is 7.89. The molecule has 0 aliphatic carbocycles. The molecule has 0 radical (unpaired) electrons. The Morgan fingerprint density at radius 2 is 1.92 bits per heavy atom. The Bertz CT molecular complexity index is 834. The number of hydrogen-bond donors (Lipinski definition) is 0. The fourth-order valence-corrected chi connectivity index (χ4v) is 3.84. The van der Waals surface area contributed by atoms with Gasteiger partial charge in [-0.1, -0.05) is 37.6 Å². The average molecular weight is 383 g/mol. The molecule has 25 heavy (non-hydrogen) atoms. The molecule has 1 heterocycles. The van der Waals surface area contributed by atoms with Crippen molar-refractivity contribution >= 4 is 27.6 Å². The van der Waals surface area contributed by atoms with Gasteiger partial charge in [-0.25, -0.2) is 18.2 Å². The molecule has 0 fully saturated rings. The highest BCUT2D eigenvalue weighted by atomic mass is 35.5. The largest absolute Gasteiger partial charge is 0.457 e. The molecule has 0 aliphatic heterocycles. The maximum absolute atomic E-state index is 12.5. The molecule has 0 N–H and O–H groups in total. The van der Waals surface area contributed by atoms with Gasteiger partial charge in [0, 0.05) is 24.8 Å². The Labute approximate surface area is 152 Å². The summed E-state index contributed by atoms with van der Waals surface area (Å²) in [5.74, 6) is -0.605. The number of benzene rings is 1. The second-order valence-corrected chi connectivity index (χ2v) is 7.51. The van der Waals surface area contributed by atoms with E-state index in [1.54, 1.807) is 26.0 Å². The Morgan fingerprint density at radius 3 is 2.52 bits per heavy atom. The van der Waals surface area contributed by atoms with Gasteiger partial charge < -0.3 is 4.74 Å². The van der Waals surface area contributed by atoms with Crippen molar-refractivity contribution in [2.45, 2.75) is 25.3 Å². The van der Waals surface area contributed by atoms with E-state index >= 15 is 0 Å². The van der Waals surface area contributed by atoms with Crippen LogP contribution >= 0.6 is 11.6 Å². The summed E-state index contributed by atoms with van der Waals surface area (Å²) in [5.41, 5.74) is 0.861. The van der Waals surface area contributed by atoms with E-state index in [4.69, 9.17) is 16.3 Å². The monoisotopic (exact) mass is 382 g/mol. The van der Waals surface area contributed by atoms with Crippen molar-refractivity contribution in [2.24, 2.45) is 0 Å². The van der Waals surface area contributed by atoms with Crippen LogP contribution in [-0.4, -0.2) is 36.8 Å². The number of carbonyl (C=O) groups is 1. The molecule has 0 amide bonds. The van der Waals surface area contributed by atoms with Gasteiger partial charge in [0.25, 0.3) is 0 Å². The van der Waals surface area contributed by atoms with Crippen LogP contribution in [0.5, 0.6) is 0 Å². The molecule has 0 saturated heterocycles. The summed E-state index contributed by atoms with van der Waals surface area (Å²) >= 11 is 5.70. The first-order valence-electron chi connectivity index (χ1n) is 7.76. The van der Waals surface area contributed by atoms with E-state index in [1.807, 2.05) is 0 Å². The number of pyridine rings is 1. The summed E-state index contributed by atoms with van der Waals surface area (Å²) in [5, 5.41) is 0.351. The zero-order valence-corrected chi connectivity index (χ0v) is 15.5. The van der Waals surface area contributed by atoms with E-state index in [1.165, 1.54) is 34.8 Å². The number of carbonyl (C=O) groups excluding carboxylic acids is 1. The third kappa shape index (κ3) is 4.78. The molecule has 0 saturated carbocycles. The molecule has 1 aromatic carbocycles. The van der Waals surface area contributed by atoms with Crippen LogP contribution in [0, 0.1) is 0 Å². The van der Waals surface area contributed by atoms with Crippen LogP contribution in [0.3, 0.4) is 0 Å². The number of nitrogens with zero attached hydrogens (tertiary/aromatic N) is 2. The van der Waals surface area contributed by atoms with Crippen molar-refractivity contribution in [1.29, 1.82) is 0 Å². The zero-order valence-electron chi connectivity index (χ0n) is 14.0. The van der Waals surface area contributed by atoms with E-state index in [9.17, 15) is 13.2 Å². The summed E-state index contributed by atoms with van der Waals surface area (Å²) in [6.07, 6.45) is 1.51. The van der Waals surface area contributed by atoms with Crippen LogP contribution in [0.4, 0.5) is 0 Å². The minimum Gasteiger partial charge on any atom is -0.457 e. The van der Waals surface area contributed by atoms with Crippen molar-refractivity contribution in [3.63, 3.8) is 0 Å². The van der Waals surface area contributed by atoms with E-state index in [0.717, 1.165) is 0 Å². The molecule has 2 rings (SSSR count). The number of rotatable bonds is 7. The summed E-state index contributed by atoms with van der Waals surface area (Å²) in [6.45, 7) is 4.27. The maximum Gasteiger partial charge on any atom is 0.338 e. The molecule has 2 aromatic rings. The van der Waals surface area contributed by atoms with Gasteiger partial charge in [0.05, 0.1) is 10.5 Å². The number of sulfonamides is 1. The van der Waals surface area contributed by atoms with Crippen molar-refractivity contribution in [3.05, 3.63) is 58.9 Å². The minimum absolute atomic E-state index is 0.0238. The third-order valence-corrected chi connectivity index (χ3v) is 5.84. The standard InChI is InChI=1S/C17H19ClN2O4S/c1-3-20(4-2)25(22,23)15-7-5-6-14(10-15)17(21)24-12-13-8-9-16(18)19-11-13/h5-11H,3-4,12H2,1-2H3. The topological polar surface area (TPSA) is 76.6 Å². The van der Waals surface area contributed by atoms with Crippen molar-refractivity contribution in [2.75, 3.05) is 13.1 Å². The molecular weight excluding hydrogens is 364 g/mol. The Kier molecular flexibility index (Phi) is 6.52. The Morgan fingerprint density at radius 1 is 1.20 bits per heavy atom. The van der Waals surface area contributed by atoms with Crippen LogP contribution in [0.2, 0.25) is 5.15 Å². The average Bonchev–Trinajstić information content (AvgIpc) is 2.62. The summed E-state index contributed by atoms with van der Waals surface area (Å²) in [6, 6.07) is 9.13. The van der Waals surface area contributed by atoms with E-state index in [-0.39, 0.29) is 17.1 Å². The van der Waals surface area contributed by atoms with Gasteiger partial charge in [0.1, 0.15) is 11.8 Å². The van der Waals surface area contributed by atoms with E-state index in [0.29, 0.717) is 23.8 Å². The van der Waals surface area contributed by atoms with Gasteiger partial charge in [0.2, 0.25) is 10.0 Å². The first-order valence-corrected chi connectivity index (χ1v) is 9.58. The second kappa shape index (κ2) is 8.42. The summed E-state index contributed by atoms with van der Waals surface area (Å²) < 4.78 is 31.6. The van der Waals surface area contributed by atoms with Gasteiger partial charge in [-0.3, -0.25) is 0 Å². The smallest absolute Gasteiger partial charge is 0.338 e. The van der Waals surface area contributed by atoms with Gasteiger partial charge in [-0.2, -0.15) is 4.31 Å². The van der Waals surface area contributed by atoms with E-state index in [2.05, 4.69) is 4.98 Å². The fourth-order valence-electron chi connectivity index (χ4n) is 2.22. The van der Waals surface area contributed by atoms with Crippen LogP contribution in [0.1, 0.15) is 29.8 Å². The van der Waals surface area contributed by atoms with Gasteiger partial charge in [-0.15, -0.1) is 0 Å². The van der Waals surface area contributed by atoms with Gasteiger partial charge in [0.15, 0.2) is 0 Å². The minimum atomic E-state index is -3.63. The second-order valence-electron chi connectivity index (χ2n) is 5.18. The highest BCUT2D eigenvalue weighted by Crippen LogP contribution is 2.18. The quantitative estimate of drug-likeness (QED) is 0.543. The van der Waals surface area contributed by atoms with Gasteiger partial charge in [-0.05, 0) is 24.3 Å². The predicted octanol–water partition coefficient (Wildman–Crippen LogP) is 3.12. The number of aromatic nitrogens is 1. The highest BCUT2D eigenvalue weighted by Gasteiger charge is 2.22. The van der Waals surface area contributed by atoms with Crippen LogP contribution < -0.4 is 0 Å². The number of halogens is 1. The van der Waals surface area contributed by atoms with Crippen LogP contribution in [0.25, 0.3) is 0 Å². The molecule has 1 aromatic heterocycles.